The smallest absolute Gasteiger partial charge is 0.328 e. The Bertz CT molecular complexity index is 312. The van der Waals surface area contributed by atoms with E-state index >= 15 is 0 Å². The summed E-state index contributed by atoms with van der Waals surface area (Å²) in [5.41, 5.74) is 0. The number of amides is 1. The van der Waals surface area contributed by atoms with Crippen molar-refractivity contribution in [1.29, 1.82) is 0 Å². The molecule has 0 aromatic rings. The van der Waals surface area contributed by atoms with Crippen LogP contribution in [0.1, 0.15) is 32.1 Å². The van der Waals surface area contributed by atoms with Crippen molar-refractivity contribution in [1.82, 2.24) is 4.90 Å². The van der Waals surface area contributed by atoms with E-state index in [0.717, 1.165) is 25.7 Å². The standard InChI is InChI=1S/C12H19NO4/c1-17-12(16)10-6-9(14)7-13(10)11(15)8-4-2-3-5-8/h8-10,14H,2-7H2,1H3. The first-order valence-electron chi connectivity index (χ1n) is 6.20. The lowest BCUT2D eigenvalue weighted by Gasteiger charge is -2.25. The van der Waals surface area contributed by atoms with Crippen molar-refractivity contribution in [2.24, 2.45) is 5.92 Å². The van der Waals surface area contributed by atoms with E-state index in [-0.39, 0.29) is 18.4 Å². The van der Waals surface area contributed by atoms with Gasteiger partial charge >= 0.3 is 5.97 Å². The van der Waals surface area contributed by atoms with Gasteiger partial charge in [0, 0.05) is 18.9 Å². The molecule has 0 bridgehead atoms. The molecule has 1 saturated carbocycles. The van der Waals surface area contributed by atoms with Crippen molar-refractivity contribution in [3.63, 3.8) is 0 Å². The summed E-state index contributed by atoms with van der Waals surface area (Å²) < 4.78 is 4.68. The third-order valence-corrected chi connectivity index (χ3v) is 3.74. The molecule has 1 aliphatic carbocycles. The van der Waals surface area contributed by atoms with Crippen LogP contribution in [0.15, 0.2) is 0 Å². The monoisotopic (exact) mass is 241 g/mol. The van der Waals surface area contributed by atoms with Crippen LogP contribution in [0.2, 0.25) is 0 Å². The van der Waals surface area contributed by atoms with Crippen molar-refractivity contribution in [2.45, 2.75) is 44.2 Å². The molecule has 1 amide bonds. The van der Waals surface area contributed by atoms with Gasteiger partial charge in [0.15, 0.2) is 0 Å². The lowest BCUT2D eigenvalue weighted by Crippen LogP contribution is -2.43. The fourth-order valence-electron chi connectivity index (χ4n) is 2.82. The molecule has 2 rings (SSSR count). The van der Waals surface area contributed by atoms with Crippen molar-refractivity contribution in [2.75, 3.05) is 13.7 Å². The van der Waals surface area contributed by atoms with E-state index in [4.69, 9.17) is 0 Å². The van der Waals surface area contributed by atoms with Crippen LogP contribution in [0.5, 0.6) is 0 Å². The fourth-order valence-corrected chi connectivity index (χ4v) is 2.82. The number of rotatable bonds is 2. The number of carbonyl (C=O) groups is 2. The van der Waals surface area contributed by atoms with E-state index in [2.05, 4.69) is 4.74 Å². The van der Waals surface area contributed by atoms with Gasteiger partial charge in [0.2, 0.25) is 5.91 Å². The Morgan fingerprint density at radius 1 is 1.29 bits per heavy atom. The Kier molecular flexibility index (Phi) is 3.66. The minimum Gasteiger partial charge on any atom is -0.467 e. The van der Waals surface area contributed by atoms with Crippen LogP contribution < -0.4 is 0 Å². The van der Waals surface area contributed by atoms with Gasteiger partial charge in [-0.25, -0.2) is 4.79 Å². The number of esters is 1. The lowest BCUT2D eigenvalue weighted by molar-refractivity contribution is -0.152. The highest BCUT2D eigenvalue weighted by atomic mass is 16.5. The highest BCUT2D eigenvalue weighted by Crippen LogP contribution is 2.30. The van der Waals surface area contributed by atoms with Crippen LogP contribution in [0.3, 0.4) is 0 Å². The fraction of sp³-hybridized carbons (Fsp3) is 0.833. The number of aliphatic hydroxyl groups excluding tert-OH is 1. The number of methoxy groups -OCH3 is 1. The van der Waals surface area contributed by atoms with Crippen molar-refractivity contribution in [3.8, 4) is 0 Å². The van der Waals surface area contributed by atoms with Gasteiger partial charge in [0.05, 0.1) is 13.2 Å². The molecule has 1 N–H and O–H groups in total. The van der Waals surface area contributed by atoms with Gasteiger partial charge < -0.3 is 14.7 Å². The zero-order chi connectivity index (χ0) is 12.4. The Morgan fingerprint density at radius 2 is 1.94 bits per heavy atom. The molecule has 2 unspecified atom stereocenters. The molecule has 0 spiro atoms. The number of nitrogens with zero attached hydrogens (tertiary/aromatic N) is 1. The largest absolute Gasteiger partial charge is 0.467 e. The SMILES string of the molecule is COC(=O)C1CC(O)CN1C(=O)C1CCCC1. The number of aliphatic hydroxyl groups is 1. The molecule has 1 heterocycles. The topological polar surface area (TPSA) is 66.8 Å². The van der Waals surface area contributed by atoms with Gasteiger partial charge in [-0.15, -0.1) is 0 Å². The van der Waals surface area contributed by atoms with Gasteiger partial charge in [-0.2, -0.15) is 0 Å². The summed E-state index contributed by atoms with van der Waals surface area (Å²) in [7, 11) is 1.31. The Labute approximate surface area is 101 Å². The molecule has 0 aromatic heterocycles. The minimum absolute atomic E-state index is 0.00875. The number of carbonyl (C=O) groups excluding carboxylic acids is 2. The Hall–Kier alpha value is -1.10. The maximum Gasteiger partial charge on any atom is 0.328 e. The first-order chi connectivity index (χ1) is 8.13. The molecule has 1 saturated heterocycles. The maximum atomic E-state index is 12.2. The van der Waals surface area contributed by atoms with E-state index in [0.29, 0.717) is 6.42 Å². The molecule has 2 fully saturated rings. The van der Waals surface area contributed by atoms with Crippen LogP contribution in [0.25, 0.3) is 0 Å². The predicted octanol–water partition coefficient (Wildman–Crippen LogP) is 0.311. The Morgan fingerprint density at radius 3 is 2.53 bits per heavy atom. The van der Waals surface area contributed by atoms with Crippen molar-refractivity contribution >= 4 is 11.9 Å². The van der Waals surface area contributed by atoms with Crippen molar-refractivity contribution < 1.29 is 19.4 Å². The zero-order valence-corrected chi connectivity index (χ0v) is 10.1. The summed E-state index contributed by atoms with van der Waals surface area (Å²) in [5, 5.41) is 9.60. The number of hydrogen-bond donors (Lipinski definition) is 1. The van der Waals surface area contributed by atoms with E-state index < -0.39 is 18.1 Å². The molecule has 5 heteroatoms. The van der Waals surface area contributed by atoms with Crippen molar-refractivity contribution in [3.05, 3.63) is 0 Å². The molecule has 2 atom stereocenters. The summed E-state index contributed by atoms with van der Waals surface area (Å²) in [6.07, 6.45) is 3.65. The summed E-state index contributed by atoms with van der Waals surface area (Å²) in [6.45, 7) is 0.259. The van der Waals surface area contributed by atoms with E-state index in [1.54, 1.807) is 0 Å². The summed E-state index contributed by atoms with van der Waals surface area (Å²) in [5.74, 6) is -0.380. The molecule has 0 radical (unpaired) electrons. The highest BCUT2D eigenvalue weighted by molar-refractivity contribution is 5.86. The van der Waals surface area contributed by atoms with Gasteiger partial charge in [-0.1, -0.05) is 12.8 Å². The predicted molar refractivity (Wildman–Crippen MR) is 60.1 cm³/mol. The van der Waals surface area contributed by atoms with Crippen LogP contribution in [-0.4, -0.2) is 47.7 Å². The quantitative estimate of drug-likeness (QED) is 0.707. The second-order valence-corrected chi connectivity index (χ2v) is 4.90. The summed E-state index contributed by atoms with van der Waals surface area (Å²) in [4.78, 5) is 25.3. The van der Waals surface area contributed by atoms with Gasteiger partial charge in [0.1, 0.15) is 6.04 Å². The number of likely N-dealkylation sites (tertiary alicyclic amines) is 1. The van der Waals surface area contributed by atoms with Gasteiger partial charge in [-0.3, -0.25) is 4.79 Å². The molecule has 1 aliphatic heterocycles. The summed E-state index contributed by atoms with van der Waals surface area (Å²) >= 11 is 0. The molecule has 0 aromatic carbocycles. The van der Waals surface area contributed by atoms with Crippen LogP contribution in [0.4, 0.5) is 0 Å². The first-order valence-corrected chi connectivity index (χ1v) is 6.20. The van der Waals surface area contributed by atoms with E-state index in [1.807, 2.05) is 0 Å². The normalized spacial score (nSPS) is 29.6. The molecule has 2 aliphatic rings. The first kappa shape index (κ1) is 12.4. The lowest BCUT2D eigenvalue weighted by atomic mass is 10.1. The second-order valence-electron chi connectivity index (χ2n) is 4.90. The van der Waals surface area contributed by atoms with E-state index in [1.165, 1.54) is 12.0 Å². The molecular formula is C12H19NO4. The zero-order valence-electron chi connectivity index (χ0n) is 10.1. The molecule has 5 nitrogen and oxygen atoms in total. The number of hydrogen-bond acceptors (Lipinski definition) is 4. The Balaban J connectivity index is 2.06. The molecule has 17 heavy (non-hydrogen) atoms. The third-order valence-electron chi connectivity index (χ3n) is 3.74. The number of β-amino-alcohol motifs (C(OH)–C–C–N with tert-alkyl or cyclic N) is 1. The highest BCUT2D eigenvalue weighted by Gasteiger charge is 2.41. The average molecular weight is 241 g/mol. The van der Waals surface area contributed by atoms with Crippen LogP contribution >= 0.6 is 0 Å². The van der Waals surface area contributed by atoms with Gasteiger partial charge in [0.25, 0.3) is 0 Å². The third kappa shape index (κ3) is 2.44. The molecule has 96 valence electrons. The second kappa shape index (κ2) is 5.04. The average Bonchev–Trinajstić information content (AvgIpc) is 2.95. The maximum absolute atomic E-state index is 12.2. The summed E-state index contributed by atoms with van der Waals surface area (Å²) in [6, 6.07) is -0.594. The minimum atomic E-state index is -0.607. The van der Waals surface area contributed by atoms with E-state index in [9.17, 15) is 14.7 Å². The van der Waals surface area contributed by atoms with Gasteiger partial charge in [-0.05, 0) is 12.8 Å². The number of ether oxygens (including phenoxy) is 1. The van der Waals surface area contributed by atoms with Crippen LogP contribution in [0, 0.1) is 5.92 Å². The molecular weight excluding hydrogens is 222 g/mol. The van der Waals surface area contributed by atoms with Crippen LogP contribution in [-0.2, 0) is 14.3 Å².